The van der Waals surface area contributed by atoms with Gasteiger partial charge in [-0.25, -0.2) is 20.0 Å². The molecule has 6 aromatic rings. The van der Waals surface area contributed by atoms with E-state index in [9.17, 15) is 0 Å². The lowest BCUT2D eigenvalue weighted by molar-refractivity contribution is 0.996. The van der Waals surface area contributed by atoms with Gasteiger partial charge >= 0.3 is 0 Å². The molecule has 8 bridgehead atoms. The third-order valence-electron chi connectivity index (χ3n) is 7.87. The number of aliphatic imine (C=N–C) groups is 2. The number of aromatic nitrogens is 3. The van der Waals surface area contributed by atoms with Crippen LogP contribution in [-0.4, -0.2) is 26.6 Å². The fraction of sp³-hybridized carbons (Fsp3) is 0.0625. The first kappa shape index (κ1) is 21.4. The first-order valence-electron chi connectivity index (χ1n) is 13.4. The SMILES string of the molecule is C1=CC2=C(CC1)C1=Nc3[nH]c(c4ccccc34)Nc3[nH]c(c4ccccc34)N=c3[nH]c(c4ccccc34)=NC2=N1. The standard InChI is InChI=1S/C32H22N8/c1-2-10-18-17(9-1)25-33-26(18)38-28-21-13-5-6-14-22(21)30(35-28)40-32-24-16-8-7-15-23(24)31(36-32)39-29-20-12-4-3-11-19(20)27(34-29)37-25/h1-7,9-15,33,35,38H,8,16H2,(H,34,36,37,39,40). The maximum absolute atomic E-state index is 5.10. The third kappa shape index (κ3) is 3.07. The van der Waals surface area contributed by atoms with E-state index in [1.54, 1.807) is 0 Å². The highest BCUT2D eigenvalue weighted by atomic mass is 15.1. The van der Waals surface area contributed by atoms with Gasteiger partial charge in [-0.15, -0.1) is 0 Å². The van der Waals surface area contributed by atoms with Gasteiger partial charge < -0.3 is 20.3 Å². The Morgan fingerprint density at radius 1 is 0.525 bits per heavy atom. The smallest absolute Gasteiger partial charge is 0.164 e. The molecular weight excluding hydrogens is 496 g/mol. The molecule has 3 aliphatic rings. The molecule has 0 saturated heterocycles. The number of fused-ring (bicyclic) bond motifs is 18. The van der Waals surface area contributed by atoms with Crippen LogP contribution in [0, 0.1) is 0 Å². The monoisotopic (exact) mass is 518 g/mol. The van der Waals surface area contributed by atoms with Gasteiger partial charge in [0.1, 0.15) is 34.2 Å². The van der Waals surface area contributed by atoms with Crippen LogP contribution in [-0.2, 0) is 0 Å². The molecule has 3 aromatic heterocycles. The number of benzene rings is 3. The molecule has 9 rings (SSSR count). The number of H-pyrrole nitrogens is 3. The zero-order valence-electron chi connectivity index (χ0n) is 21.3. The lowest BCUT2D eigenvalue weighted by Gasteiger charge is -2.07. The molecule has 0 amide bonds. The molecule has 2 aliphatic heterocycles. The first-order valence-corrected chi connectivity index (χ1v) is 13.4. The number of amidine groups is 2. The van der Waals surface area contributed by atoms with E-state index >= 15 is 0 Å². The molecule has 0 unspecified atom stereocenters. The number of hydrogen-bond acceptors (Lipinski definition) is 5. The van der Waals surface area contributed by atoms with Gasteiger partial charge in [-0.1, -0.05) is 84.9 Å². The second-order valence-corrected chi connectivity index (χ2v) is 10.2. The predicted octanol–water partition coefficient (Wildman–Crippen LogP) is 6.55. The Morgan fingerprint density at radius 3 is 1.77 bits per heavy atom. The number of hydrogen-bond donors (Lipinski definition) is 4. The molecular formula is C32H22N8. The summed E-state index contributed by atoms with van der Waals surface area (Å²) in [6, 6.07) is 24.7. The molecule has 0 radical (unpaired) electrons. The van der Waals surface area contributed by atoms with Crippen molar-refractivity contribution in [3.63, 3.8) is 0 Å². The number of nitrogens with zero attached hydrogens (tertiary/aromatic N) is 4. The summed E-state index contributed by atoms with van der Waals surface area (Å²) in [6.07, 6.45) is 6.14. The maximum atomic E-state index is 5.10. The summed E-state index contributed by atoms with van der Waals surface area (Å²) in [4.78, 5) is 30.8. The van der Waals surface area contributed by atoms with Crippen molar-refractivity contribution >= 4 is 67.3 Å². The van der Waals surface area contributed by atoms with Crippen LogP contribution in [0.2, 0.25) is 0 Å². The molecule has 0 saturated carbocycles. The normalized spacial score (nSPS) is 16.0. The van der Waals surface area contributed by atoms with Crippen molar-refractivity contribution in [2.45, 2.75) is 12.8 Å². The number of allylic oxidation sites excluding steroid dienone is 1. The van der Waals surface area contributed by atoms with Crippen molar-refractivity contribution in [2.24, 2.45) is 20.0 Å². The molecule has 0 spiro atoms. The fourth-order valence-electron chi connectivity index (χ4n) is 5.97. The lowest BCUT2D eigenvalue weighted by Crippen LogP contribution is -2.13. The average Bonchev–Trinajstić information content (AvgIpc) is 3.73. The topological polar surface area (TPSA) is 109 Å². The zero-order valence-corrected chi connectivity index (χ0v) is 21.3. The number of nitrogens with one attached hydrogen (secondary N) is 4. The summed E-state index contributed by atoms with van der Waals surface area (Å²) in [5.41, 5.74) is 3.63. The van der Waals surface area contributed by atoms with Crippen molar-refractivity contribution in [1.29, 1.82) is 0 Å². The fourth-order valence-corrected chi connectivity index (χ4v) is 5.97. The van der Waals surface area contributed by atoms with E-state index < -0.39 is 0 Å². The minimum atomic E-state index is 0.664. The van der Waals surface area contributed by atoms with Crippen molar-refractivity contribution in [3.8, 4) is 0 Å². The van der Waals surface area contributed by atoms with Crippen molar-refractivity contribution in [3.05, 3.63) is 107 Å². The molecule has 0 fully saturated rings. The van der Waals surface area contributed by atoms with Crippen LogP contribution in [0.4, 0.5) is 23.3 Å². The number of aromatic amines is 3. The average molecular weight is 519 g/mol. The molecule has 5 heterocycles. The van der Waals surface area contributed by atoms with Gasteiger partial charge in [0.05, 0.1) is 0 Å². The molecule has 40 heavy (non-hydrogen) atoms. The Labute approximate surface area is 227 Å². The molecule has 3 aromatic carbocycles. The van der Waals surface area contributed by atoms with Gasteiger partial charge in [-0.3, -0.25) is 0 Å². The van der Waals surface area contributed by atoms with E-state index in [1.165, 1.54) is 0 Å². The van der Waals surface area contributed by atoms with Crippen molar-refractivity contribution in [1.82, 2.24) is 15.0 Å². The van der Waals surface area contributed by atoms with E-state index in [0.717, 1.165) is 90.6 Å². The highest BCUT2D eigenvalue weighted by Crippen LogP contribution is 2.39. The molecule has 8 nitrogen and oxygen atoms in total. The van der Waals surface area contributed by atoms with Gasteiger partial charge in [0.15, 0.2) is 11.7 Å². The summed E-state index contributed by atoms with van der Waals surface area (Å²) < 4.78 is 0. The zero-order chi connectivity index (χ0) is 26.2. The minimum Gasteiger partial charge on any atom is -0.327 e. The first-order chi connectivity index (χ1) is 19.8. The molecule has 4 N–H and O–H groups in total. The second kappa shape index (κ2) is 8.00. The number of rotatable bonds is 0. The lowest BCUT2D eigenvalue weighted by atomic mass is 9.98. The quantitative estimate of drug-likeness (QED) is 0.180. The Kier molecular flexibility index (Phi) is 4.29. The third-order valence-corrected chi connectivity index (χ3v) is 7.87. The largest absolute Gasteiger partial charge is 0.327 e. The summed E-state index contributed by atoms with van der Waals surface area (Å²) in [6.45, 7) is 0. The summed E-state index contributed by atoms with van der Waals surface area (Å²) in [7, 11) is 0. The van der Waals surface area contributed by atoms with Crippen LogP contribution in [0.25, 0.3) is 32.3 Å². The predicted molar refractivity (Wildman–Crippen MR) is 160 cm³/mol. The van der Waals surface area contributed by atoms with Gasteiger partial charge in [0, 0.05) is 43.5 Å². The highest BCUT2D eigenvalue weighted by molar-refractivity contribution is 6.23. The van der Waals surface area contributed by atoms with Crippen LogP contribution in [0.1, 0.15) is 12.8 Å². The Morgan fingerprint density at radius 2 is 1.10 bits per heavy atom. The Bertz CT molecular complexity index is 2300. The van der Waals surface area contributed by atoms with E-state index in [4.69, 9.17) is 20.0 Å². The minimum absolute atomic E-state index is 0.664. The molecule has 8 heteroatoms. The second-order valence-electron chi connectivity index (χ2n) is 10.2. The van der Waals surface area contributed by atoms with Crippen LogP contribution in [0.3, 0.4) is 0 Å². The Hall–Kier alpha value is -5.50. The van der Waals surface area contributed by atoms with Gasteiger partial charge in [-0.05, 0) is 12.8 Å². The van der Waals surface area contributed by atoms with Crippen LogP contribution in [0.15, 0.2) is 116 Å². The van der Waals surface area contributed by atoms with E-state index in [1.807, 2.05) is 36.4 Å². The maximum Gasteiger partial charge on any atom is 0.164 e. The van der Waals surface area contributed by atoms with E-state index in [2.05, 4.69) is 68.8 Å². The van der Waals surface area contributed by atoms with Crippen LogP contribution < -0.4 is 16.3 Å². The van der Waals surface area contributed by atoms with Gasteiger partial charge in [-0.2, -0.15) is 0 Å². The van der Waals surface area contributed by atoms with Gasteiger partial charge in [0.2, 0.25) is 0 Å². The molecule has 1 aliphatic carbocycles. The summed E-state index contributed by atoms with van der Waals surface area (Å²) >= 11 is 0. The Balaban J connectivity index is 1.42. The summed E-state index contributed by atoms with van der Waals surface area (Å²) in [5.74, 6) is 4.61. The van der Waals surface area contributed by atoms with E-state index in [-0.39, 0.29) is 0 Å². The van der Waals surface area contributed by atoms with Crippen LogP contribution >= 0.6 is 0 Å². The van der Waals surface area contributed by atoms with Crippen molar-refractivity contribution in [2.75, 3.05) is 5.32 Å². The van der Waals surface area contributed by atoms with Gasteiger partial charge in [0.25, 0.3) is 0 Å². The summed E-state index contributed by atoms with van der Waals surface area (Å²) in [5, 5.41) is 9.76. The van der Waals surface area contributed by atoms with E-state index in [0.29, 0.717) is 11.7 Å². The molecule has 0 atom stereocenters. The highest BCUT2D eigenvalue weighted by Gasteiger charge is 2.26. The molecule has 190 valence electrons. The van der Waals surface area contributed by atoms with Crippen LogP contribution in [0.5, 0.6) is 0 Å². The van der Waals surface area contributed by atoms with Crippen molar-refractivity contribution < 1.29 is 0 Å². The number of anilines is 2.